The van der Waals surface area contributed by atoms with E-state index in [9.17, 15) is 8.42 Å². The molecule has 1 heterocycles. The molecule has 0 aliphatic rings. The number of benzene rings is 1. The molecule has 2 aromatic rings. The molecule has 0 saturated heterocycles. The number of aromatic nitrogens is 4. The molecule has 0 atom stereocenters. The monoisotopic (exact) mass is 309 g/mol. The Balaban J connectivity index is 2.21. The average molecular weight is 309 g/mol. The molecular formula is C13H19N5O2S. The molecule has 0 amide bonds. The number of hydrogen-bond acceptors (Lipinski definition) is 6. The van der Waals surface area contributed by atoms with Gasteiger partial charge in [-0.2, -0.15) is 0 Å². The highest BCUT2D eigenvalue weighted by Gasteiger charge is 2.11. The van der Waals surface area contributed by atoms with Crippen LogP contribution in [0.4, 0.5) is 5.69 Å². The first-order valence-corrected chi connectivity index (χ1v) is 8.49. The maximum Gasteiger partial charge on any atom is 0.175 e. The van der Waals surface area contributed by atoms with Crippen molar-refractivity contribution in [2.24, 2.45) is 0 Å². The molecule has 0 spiro atoms. The van der Waals surface area contributed by atoms with Crippen molar-refractivity contribution in [3.05, 3.63) is 29.6 Å². The summed E-state index contributed by atoms with van der Waals surface area (Å²) in [5.74, 6) is 0.701. The molecule has 2 rings (SSSR count). The van der Waals surface area contributed by atoms with Gasteiger partial charge in [0, 0.05) is 11.9 Å². The van der Waals surface area contributed by atoms with Crippen LogP contribution in [0.25, 0.3) is 0 Å². The van der Waals surface area contributed by atoms with Gasteiger partial charge < -0.3 is 5.32 Å². The van der Waals surface area contributed by atoms with E-state index in [1.165, 1.54) is 6.26 Å². The third kappa shape index (κ3) is 3.78. The van der Waals surface area contributed by atoms with Crippen LogP contribution in [0.5, 0.6) is 0 Å². The second-order valence-electron chi connectivity index (χ2n) is 5.29. The zero-order valence-corrected chi connectivity index (χ0v) is 13.3. The van der Waals surface area contributed by atoms with Gasteiger partial charge in [0.15, 0.2) is 15.7 Å². The first-order chi connectivity index (χ1) is 9.77. The van der Waals surface area contributed by atoms with E-state index in [2.05, 4.69) is 20.8 Å². The molecule has 8 heteroatoms. The molecule has 21 heavy (non-hydrogen) atoms. The van der Waals surface area contributed by atoms with Crippen molar-refractivity contribution >= 4 is 15.5 Å². The van der Waals surface area contributed by atoms with Gasteiger partial charge in [-0.05, 0) is 55.0 Å². The number of sulfone groups is 1. The number of rotatable bonds is 5. The summed E-state index contributed by atoms with van der Waals surface area (Å²) >= 11 is 0. The van der Waals surface area contributed by atoms with Crippen molar-refractivity contribution in [2.45, 2.75) is 38.3 Å². The summed E-state index contributed by atoms with van der Waals surface area (Å²) in [6, 6.07) is 5.32. The Hall–Kier alpha value is -1.96. The van der Waals surface area contributed by atoms with E-state index >= 15 is 0 Å². The summed E-state index contributed by atoms with van der Waals surface area (Å²) in [5.41, 5.74) is 1.61. The Kier molecular flexibility index (Phi) is 4.26. The van der Waals surface area contributed by atoms with Crippen molar-refractivity contribution in [2.75, 3.05) is 11.6 Å². The standard InChI is InChI=1S/C13H19N5O2S/c1-9(2)18-13(15-16-17-18)8-14-11-5-10(3)6-12(7-11)21(4,19)20/h5-7,9,14H,8H2,1-4H3. The highest BCUT2D eigenvalue weighted by molar-refractivity contribution is 7.90. The zero-order chi connectivity index (χ0) is 15.6. The predicted octanol–water partition coefficient (Wildman–Crippen LogP) is 1.58. The molecule has 1 N–H and O–H groups in total. The fourth-order valence-corrected chi connectivity index (χ4v) is 2.72. The maximum absolute atomic E-state index is 11.6. The van der Waals surface area contributed by atoms with Gasteiger partial charge in [0.25, 0.3) is 0 Å². The van der Waals surface area contributed by atoms with Crippen molar-refractivity contribution in [1.82, 2.24) is 20.2 Å². The first kappa shape index (κ1) is 15.4. The van der Waals surface area contributed by atoms with Gasteiger partial charge in [-0.25, -0.2) is 13.1 Å². The van der Waals surface area contributed by atoms with E-state index in [0.717, 1.165) is 11.3 Å². The van der Waals surface area contributed by atoms with Crippen LogP contribution in [-0.4, -0.2) is 34.9 Å². The number of aryl methyl sites for hydroxylation is 1. The lowest BCUT2D eigenvalue weighted by atomic mass is 10.2. The normalized spacial score (nSPS) is 11.9. The summed E-state index contributed by atoms with van der Waals surface area (Å²) < 4.78 is 25.0. The molecule has 0 fully saturated rings. The Morgan fingerprint density at radius 1 is 1.29 bits per heavy atom. The van der Waals surface area contributed by atoms with Crippen molar-refractivity contribution in [3.63, 3.8) is 0 Å². The number of hydrogen-bond donors (Lipinski definition) is 1. The van der Waals surface area contributed by atoms with Crippen LogP contribution >= 0.6 is 0 Å². The third-order valence-corrected chi connectivity index (χ3v) is 4.07. The SMILES string of the molecule is Cc1cc(NCc2nnnn2C(C)C)cc(S(C)(=O)=O)c1. The Morgan fingerprint density at radius 2 is 2.00 bits per heavy atom. The van der Waals surface area contributed by atoms with E-state index < -0.39 is 9.84 Å². The summed E-state index contributed by atoms with van der Waals surface area (Å²) in [6.45, 7) is 6.28. The lowest BCUT2D eigenvalue weighted by molar-refractivity contribution is 0.496. The zero-order valence-electron chi connectivity index (χ0n) is 12.5. The first-order valence-electron chi connectivity index (χ1n) is 6.59. The fraction of sp³-hybridized carbons (Fsp3) is 0.462. The van der Waals surface area contributed by atoms with Gasteiger partial charge in [0.2, 0.25) is 0 Å². The largest absolute Gasteiger partial charge is 0.378 e. The van der Waals surface area contributed by atoms with E-state index in [1.807, 2.05) is 26.8 Å². The second-order valence-corrected chi connectivity index (χ2v) is 7.31. The lowest BCUT2D eigenvalue weighted by Crippen LogP contribution is -2.12. The summed E-state index contributed by atoms with van der Waals surface area (Å²) in [4.78, 5) is 0.299. The second kappa shape index (κ2) is 5.80. The van der Waals surface area contributed by atoms with Gasteiger partial charge in [-0.15, -0.1) is 5.10 Å². The molecule has 0 aliphatic heterocycles. The van der Waals surface area contributed by atoms with Crippen molar-refractivity contribution < 1.29 is 8.42 Å². The van der Waals surface area contributed by atoms with Crippen molar-refractivity contribution in [3.8, 4) is 0 Å². The number of nitrogens with one attached hydrogen (secondary N) is 1. The fourth-order valence-electron chi connectivity index (χ4n) is 1.98. The van der Waals surface area contributed by atoms with E-state index in [0.29, 0.717) is 17.3 Å². The highest BCUT2D eigenvalue weighted by atomic mass is 32.2. The minimum absolute atomic E-state index is 0.167. The molecule has 0 bridgehead atoms. The topological polar surface area (TPSA) is 89.8 Å². The van der Waals surface area contributed by atoms with Crippen LogP contribution in [0.15, 0.2) is 23.1 Å². The van der Waals surface area contributed by atoms with Gasteiger partial charge >= 0.3 is 0 Å². The number of tetrazole rings is 1. The molecule has 0 aliphatic carbocycles. The molecular weight excluding hydrogens is 290 g/mol. The molecule has 1 aromatic heterocycles. The minimum Gasteiger partial charge on any atom is -0.378 e. The molecule has 0 unspecified atom stereocenters. The van der Waals surface area contributed by atoms with Crippen molar-refractivity contribution in [1.29, 1.82) is 0 Å². The molecule has 0 radical (unpaired) electrons. The van der Waals surface area contributed by atoms with Crippen LogP contribution in [0.2, 0.25) is 0 Å². The summed E-state index contributed by atoms with van der Waals surface area (Å²) in [6.07, 6.45) is 1.20. The van der Waals surface area contributed by atoms with Crippen LogP contribution < -0.4 is 5.32 Å². The molecule has 0 saturated carbocycles. The molecule has 114 valence electrons. The van der Waals surface area contributed by atoms with Gasteiger partial charge in [-0.3, -0.25) is 0 Å². The number of nitrogens with zero attached hydrogens (tertiary/aromatic N) is 4. The van der Waals surface area contributed by atoms with Crippen LogP contribution in [0.1, 0.15) is 31.3 Å². The highest BCUT2D eigenvalue weighted by Crippen LogP contribution is 2.19. The van der Waals surface area contributed by atoms with Crippen LogP contribution in [0, 0.1) is 6.92 Å². The van der Waals surface area contributed by atoms with E-state index in [4.69, 9.17) is 0 Å². The Bertz CT molecular complexity index is 737. The summed E-state index contributed by atoms with van der Waals surface area (Å²) in [7, 11) is -3.23. The minimum atomic E-state index is -3.23. The smallest absolute Gasteiger partial charge is 0.175 e. The van der Waals surface area contributed by atoms with Gasteiger partial charge in [-0.1, -0.05) is 0 Å². The Morgan fingerprint density at radius 3 is 2.62 bits per heavy atom. The quantitative estimate of drug-likeness (QED) is 0.902. The predicted molar refractivity (Wildman–Crippen MR) is 79.8 cm³/mol. The molecule has 7 nitrogen and oxygen atoms in total. The lowest BCUT2D eigenvalue weighted by Gasteiger charge is -2.11. The van der Waals surface area contributed by atoms with E-state index in [1.54, 1.807) is 16.8 Å². The van der Waals surface area contributed by atoms with Crippen LogP contribution in [0.3, 0.4) is 0 Å². The van der Waals surface area contributed by atoms with Gasteiger partial charge in [0.1, 0.15) is 0 Å². The average Bonchev–Trinajstić information content (AvgIpc) is 2.83. The maximum atomic E-state index is 11.6. The van der Waals surface area contributed by atoms with Crippen LogP contribution in [-0.2, 0) is 16.4 Å². The summed E-state index contributed by atoms with van der Waals surface area (Å²) in [5, 5.41) is 14.7. The number of anilines is 1. The van der Waals surface area contributed by atoms with Gasteiger partial charge in [0.05, 0.1) is 17.5 Å². The molecule has 1 aromatic carbocycles. The Labute approximate surface area is 124 Å². The van der Waals surface area contributed by atoms with E-state index in [-0.39, 0.29) is 6.04 Å². The third-order valence-electron chi connectivity index (χ3n) is 2.98.